The van der Waals surface area contributed by atoms with Crippen LogP contribution >= 0.6 is 0 Å². The molecule has 0 saturated heterocycles. The highest BCUT2D eigenvalue weighted by Crippen LogP contribution is 2.30. The Hall–Kier alpha value is -2.38. The molecule has 3 heterocycles. The van der Waals surface area contributed by atoms with Crippen LogP contribution in [0.1, 0.15) is 53.5 Å². The van der Waals surface area contributed by atoms with Crippen LogP contribution < -0.4 is 16.3 Å². The van der Waals surface area contributed by atoms with Gasteiger partial charge in [0.1, 0.15) is 0 Å². The Morgan fingerprint density at radius 1 is 1.24 bits per heavy atom. The lowest BCUT2D eigenvalue weighted by molar-refractivity contribution is 0.561. The maximum absolute atomic E-state index is 13.1. The van der Waals surface area contributed by atoms with Gasteiger partial charge in [0.05, 0.1) is 17.8 Å². The molecule has 0 aliphatic carbocycles. The normalized spacial score (nSPS) is 17.3. The number of hydrazone groups is 1. The van der Waals surface area contributed by atoms with Crippen LogP contribution in [-0.2, 0) is 13.6 Å². The predicted molar refractivity (Wildman–Crippen MR) is 99.6 cm³/mol. The number of aryl methyl sites for hydroxylation is 1. The van der Waals surface area contributed by atoms with Crippen LogP contribution in [0.5, 0.6) is 0 Å². The van der Waals surface area contributed by atoms with E-state index in [2.05, 4.69) is 10.1 Å². The van der Waals surface area contributed by atoms with Gasteiger partial charge in [0, 0.05) is 13.6 Å². The smallest absolute Gasteiger partial charge is 0.294 e. The van der Waals surface area contributed by atoms with Crippen molar-refractivity contribution in [3.05, 3.63) is 20.8 Å². The topological polar surface area (TPSA) is 77.4 Å². The molecule has 0 saturated carbocycles. The van der Waals surface area contributed by atoms with Crippen molar-refractivity contribution >= 4 is 22.8 Å². The molecule has 1 atom stereocenters. The lowest BCUT2D eigenvalue weighted by atomic mass is 10.2. The average molecular weight is 346 g/mol. The molecule has 3 rings (SSSR count). The minimum atomic E-state index is -0.317. The summed E-state index contributed by atoms with van der Waals surface area (Å²) >= 11 is 0. The van der Waals surface area contributed by atoms with E-state index >= 15 is 0 Å². The van der Waals surface area contributed by atoms with Gasteiger partial charge in [-0.25, -0.2) is 9.80 Å². The van der Waals surface area contributed by atoms with Gasteiger partial charge in [-0.15, -0.1) is 0 Å². The Labute approximate surface area is 146 Å². The van der Waals surface area contributed by atoms with Gasteiger partial charge < -0.3 is 0 Å². The van der Waals surface area contributed by atoms with E-state index in [4.69, 9.17) is 0 Å². The van der Waals surface area contributed by atoms with Crippen molar-refractivity contribution in [1.82, 2.24) is 18.7 Å². The summed E-state index contributed by atoms with van der Waals surface area (Å²) in [7, 11) is 1.67. The minimum absolute atomic E-state index is 0.0835. The molecule has 8 nitrogen and oxygen atoms in total. The Morgan fingerprint density at radius 2 is 1.92 bits per heavy atom. The zero-order chi connectivity index (χ0) is 18.5. The van der Waals surface area contributed by atoms with Gasteiger partial charge in [0.2, 0.25) is 5.95 Å². The fraction of sp³-hybridized carbons (Fsp3) is 0.647. The van der Waals surface area contributed by atoms with E-state index in [1.807, 2.05) is 44.2 Å². The molecule has 1 aliphatic rings. The molecular weight excluding hydrogens is 320 g/mol. The van der Waals surface area contributed by atoms with E-state index in [-0.39, 0.29) is 23.3 Å². The van der Waals surface area contributed by atoms with Crippen LogP contribution in [0, 0.1) is 0 Å². The van der Waals surface area contributed by atoms with Crippen molar-refractivity contribution in [3.63, 3.8) is 0 Å². The van der Waals surface area contributed by atoms with Gasteiger partial charge in [-0.2, -0.15) is 10.1 Å². The predicted octanol–water partition coefficient (Wildman–Crippen LogP) is 1.86. The monoisotopic (exact) mass is 346 g/mol. The highest BCUT2D eigenvalue weighted by Gasteiger charge is 2.31. The quantitative estimate of drug-likeness (QED) is 0.847. The molecule has 2 aromatic rings. The molecule has 0 N–H and O–H groups in total. The molecule has 8 heteroatoms. The SMILES string of the molecule is CCCCn1c(=O)c2c(nc3n2[C@H](C)C(C)=NN3C(C)C)n(C)c1=O. The molecule has 0 radical (unpaired) electrons. The number of aromatic nitrogens is 4. The number of rotatable bonds is 4. The molecule has 0 spiro atoms. The number of imidazole rings is 1. The number of hydrogen-bond donors (Lipinski definition) is 0. The van der Waals surface area contributed by atoms with E-state index in [1.165, 1.54) is 9.13 Å². The Kier molecular flexibility index (Phi) is 4.30. The Balaban J connectivity index is 2.39. The van der Waals surface area contributed by atoms with Gasteiger partial charge in [-0.1, -0.05) is 13.3 Å². The first kappa shape index (κ1) is 17.4. The van der Waals surface area contributed by atoms with E-state index in [0.717, 1.165) is 18.6 Å². The summed E-state index contributed by atoms with van der Waals surface area (Å²) in [6.07, 6.45) is 1.71. The van der Waals surface area contributed by atoms with E-state index in [0.29, 0.717) is 23.7 Å². The standard InChI is InChI=1S/C17H26N6O2/c1-7-8-9-21-15(24)13-14(20(6)17(21)25)18-16-22(13)12(5)11(4)19-23(16)10(2)3/h10,12H,7-9H2,1-6H3/t12-/m1/s1. The first-order valence-corrected chi connectivity index (χ1v) is 8.85. The summed E-state index contributed by atoms with van der Waals surface area (Å²) in [5.41, 5.74) is 1.22. The van der Waals surface area contributed by atoms with Crippen LogP contribution in [-0.4, -0.2) is 30.4 Å². The van der Waals surface area contributed by atoms with Crippen molar-refractivity contribution < 1.29 is 0 Å². The Morgan fingerprint density at radius 3 is 2.52 bits per heavy atom. The molecule has 25 heavy (non-hydrogen) atoms. The maximum atomic E-state index is 13.1. The first-order valence-electron chi connectivity index (χ1n) is 8.85. The van der Waals surface area contributed by atoms with E-state index in [1.54, 1.807) is 7.05 Å². The minimum Gasteiger partial charge on any atom is -0.294 e. The second-order valence-corrected chi connectivity index (χ2v) is 6.96. The second kappa shape index (κ2) is 6.16. The third-order valence-corrected chi connectivity index (χ3v) is 4.84. The summed E-state index contributed by atoms with van der Waals surface area (Å²) < 4.78 is 4.72. The Bertz CT molecular complexity index is 962. The zero-order valence-electron chi connectivity index (χ0n) is 15.8. The van der Waals surface area contributed by atoms with Crippen molar-refractivity contribution in [2.75, 3.05) is 5.01 Å². The van der Waals surface area contributed by atoms with E-state index < -0.39 is 0 Å². The van der Waals surface area contributed by atoms with Gasteiger partial charge in [-0.3, -0.25) is 18.5 Å². The van der Waals surface area contributed by atoms with Crippen LogP contribution in [0.4, 0.5) is 5.95 Å². The van der Waals surface area contributed by atoms with Crippen molar-refractivity contribution in [2.24, 2.45) is 12.1 Å². The lowest BCUT2D eigenvalue weighted by Gasteiger charge is -2.31. The van der Waals surface area contributed by atoms with E-state index in [9.17, 15) is 9.59 Å². The highest BCUT2D eigenvalue weighted by molar-refractivity contribution is 5.91. The van der Waals surface area contributed by atoms with Crippen LogP contribution in [0.15, 0.2) is 14.7 Å². The fourth-order valence-corrected chi connectivity index (χ4v) is 3.20. The first-order chi connectivity index (χ1) is 11.8. The third kappa shape index (κ3) is 2.51. The third-order valence-electron chi connectivity index (χ3n) is 4.84. The molecule has 2 aromatic heterocycles. The zero-order valence-corrected chi connectivity index (χ0v) is 15.8. The number of nitrogens with zero attached hydrogens (tertiary/aromatic N) is 6. The molecule has 0 bridgehead atoms. The summed E-state index contributed by atoms with van der Waals surface area (Å²) in [4.78, 5) is 30.3. The van der Waals surface area contributed by atoms with Gasteiger partial charge >= 0.3 is 5.69 Å². The number of hydrogen-bond acceptors (Lipinski definition) is 5. The number of fused-ring (bicyclic) bond motifs is 3. The molecular formula is C17H26N6O2. The van der Waals surface area contributed by atoms with Crippen molar-refractivity contribution in [1.29, 1.82) is 0 Å². The summed E-state index contributed by atoms with van der Waals surface area (Å²) in [5.74, 6) is 0.614. The highest BCUT2D eigenvalue weighted by atomic mass is 16.2. The second-order valence-electron chi connectivity index (χ2n) is 6.96. The molecule has 0 fully saturated rings. The van der Waals surface area contributed by atoms with Crippen molar-refractivity contribution in [2.45, 2.75) is 66.1 Å². The number of anilines is 1. The maximum Gasteiger partial charge on any atom is 0.332 e. The largest absolute Gasteiger partial charge is 0.332 e. The lowest BCUT2D eigenvalue weighted by Crippen LogP contribution is -2.40. The van der Waals surface area contributed by atoms with Gasteiger partial charge in [0.15, 0.2) is 11.2 Å². The summed E-state index contributed by atoms with van der Waals surface area (Å²) in [5, 5.41) is 6.44. The molecule has 0 aromatic carbocycles. The summed E-state index contributed by atoms with van der Waals surface area (Å²) in [6, 6.07) is 0.0113. The van der Waals surface area contributed by atoms with Crippen LogP contribution in [0.3, 0.4) is 0 Å². The van der Waals surface area contributed by atoms with Gasteiger partial charge in [0.25, 0.3) is 5.56 Å². The number of unbranched alkanes of at least 4 members (excludes halogenated alkanes) is 1. The average Bonchev–Trinajstić information content (AvgIpc) is 2.97. The van der Waals surface area contributed by atoms with Crippen LogP contribution in [0.25, 0.3) is 11.2 Å². The summed E-state index contributed by atoms with van der Waals surface area (Å²) in [6.45, 7) is 10.5. The van der Waals surface area contributed by atoms with Crippen molar-refractivity contribution in [3.8, 4) is 0 Å². The molecule has 1 aliphatic heterocycles. The molecule has 136 valence electrons. The van der Waals surface area contributed by atoms with Crippen LogP contribution in [0.2, 0.25) is 0 Å². The molecule has 0 amide bonds. The molecule has 0 unspecified atom stereocenters. The fourth-order valence-electron chi connectivity index (χ4n) is 3.20. The van der Waals surface area contributed by atoms with Gasteiger partial charge in [-0.05, 0) is 34.1 Å².